The van der Waals surface area contributed by atoms with Gasteiger partial charge in [-0.25, -0.2) is 8.42 Å². The van der Waals surface area contributed by atoms with E-state index in [0.717, 1.165) is 4.31 Å². The zero-order chi connectivity index (χ0) is 16.0. The highest BCUT2D eigenvalue weighted by Gasteiger charge is 2.47. The second kappa shape index (κ2) is 5.15. The lowest BCUT2D eigenvalue weighted by Crippen LogP contribution is -2.54. The summed E-state index contributed by atoms with van der Waals surface area (Å²) in [5.41, 5.74) is -0.479. The quantitative estimate of drug-likeness (QED) is 0.876. The molecule has 0 spiro atoms. The van der Waals surface area contributed by atoms with Crippen molar-refractivity contribution in [3.63, 3.8) is 0 Å². The first kappa shape index (κ1) is 16.1. The number of benzene rings is 1. The van der Waals surface area contributed by atoms with E-state index in [-0.39, 0.29) is 11.5 Å². The summed E-state index contributed by atoms with van der Waals surface area (Å²) in [4.78, 5) is 0. The molecule has 0 radical (unpaired) electrons. The number of sulfonamides is 1. The molecular weight excluding hydrogens is 294 g/mol. The summed E-state index contributed by atoms with van der Waals surface area (Å²) in [6.07, 6.45) is -1.06. The number of ether oxygens (including phenoxy) is 1. The van der Waals surface area contributed by atoms with Crippen LogP contribution in [-0.2, 0) is 10.0 Å². The molecule has 0 bridgehead atoms. The third-order valence-corrected chi connectivity index (χ3v) is 5.73. The summed E-state index contributed by atoms with van der Waals surface area (Å²) in [5.74, 6) is 0.394. The Morgan fingerprint density at radius 3 is 2.57 bits per heavy atom. The van der Waals surface area contributed by atoms with Gasteiger partial charge >= 0.3 is 0 Å². The molecule has 1 heterocycles. The molecule has 0 saturated carbocycles. The third kappa shape index (κ3) is 2.73. The molecule has 2 N–H and O–H groups in total. The molecule has 0 unspecified atom stereocenters. The van der Waals surface area contributed by atoms with Crippen molar-refractivity contribution in [3.8, 4) is 11.5 Å². The summed E-state index contributed by atoms with van der Waals surface area (Å²) >= 11 is 0. The molecule has 0 amide bonds. The second-order valence-electron chi connectivity index (χ2n) is 5.73. The number of aromatic hydroxyl groups is 1. The van der Waals surface area contributed by atoms with Gasteiger partial charge in [0.25, 0.3) is 0 Å². The first-order chi connectivity index (χ1) is 9.60. The number of likely N-dealkylation sites (N-methyl/N-ethyl adjacent to an activating group) is 1. The summed E-state index contributed by atoms with van der Waals surface area (Å²) in [6.45, 7) is 4.95. The van der Waals surface area contributed by atoms with E-state index in [1.165, 1.54) is 19.2 Å². The lowest BCUT2D eigenvalue weighted by Gasteiger charge is -2.44. The van der Waals surface area contributed by atoms with Gasteiger partial charge in [0.05, 0.1) is 11.8 Å². The molecule has 7 heteroatoms. The Morgan fingerprint density at radius 1 is 1.38 bits per heavy atom. The Labute approximate surface area is 125 Å². The average molecular weight is 315 g/mol. The van der Waals surface area contributed by atoms with Crippen LogP contribution in [0.5, 0.6) is 11.5 Å². The van der Waals surface area contributed by atoms with Crippen LogP contribution in [0.3, 0.4) is 0 Å². The molecule has 1 aromatic rings. The van der Waals surface area contributed by atoms with E-state index >= 15 is 0 Å². The van der Waals surface area contributed by atoms with Crippen LogP contribution in [0.2, 0.25) is 0 Å². The molecule has 0 aromatic heterocycles. The number of hydrogen-bond acceptors (Lipinski definition) is 5. The Balaban J connectivity index is 2.60. The molecule has 1 aliphatic rings. The van der Waals surface area contributed by atoms with Gasteiger partial charge in [0.15, 0.2) is 0 Å². The molecule has 2 atom stereocenters. The topological polar surface area (TPSA) is 87.1 Å². The van der Waals surface area contributed by atoms with Crippen LogP contribution in [0.25, 0.3) is 0 Å². The molecule has 2 rings (SSSR count). The maximum Gasteiger partial charge on any atom is 0.214 e. The van der Waals surface area contributed by atoms with E-state index in [9.17, 15) is 18.6 Å². The first-order valence-electron chi connectivity index (χ1n) is 6.76. The maximum absolute atomic E-state index is 12.2. The van der Waals surface area contributed by atoms with Gasteiger partial charge < -0.3 is 14.9 Å². The van der Waals surface area contributed by atoms with Crippen molar-refractivity contribution in [2.75, 3.05) is 12.8 Å². The van der Waals surface area contributed by atoms with E-state index < -0.39 is 27.8 Å². The largest absolute Gasteiger partial charge is 0.508 e. The molecule has 0 fully saturated rings. The van der Waals surface area contributed by atoms with E-state index in [1.54, 1.807) is 26.8 Å². The summed E-state index contributed by atoms with van der Waals surface area (Å²) < 4.78 is 31.2. The van der Waals surface area contributed by atoms with E-state index in [4.69, 9.17) is 4.74 Å². The average Bonchev–Trinajstić information content (AvgIpc) is 2.40. The summed E-state index contributed by atoms with van der Waals surface area (Å²) in [7, 11) is -2.07. The van der Waals surface area contributed by atoms with E-state index in [1.807, 2.05) is 0 Å². The van der Waals surface area contributed by atoms with Crippen LogP contribution in [-0.4, -0.2) is 47.4 Å². The molecule has 6 nitrogen and oxygen atoms in total. The highest BCUT2D eigenvalue weighted by atomic mass is 32.2. The molecule has 0 aliphatic carbocycles. The highest BCUT2D eigenvalue weighted by molar-refractivity contribution is 7.89. The van der Waals surface area contributed by atoms with Crippen molar-refractivity contribution in [1.82, 2.24) is 4.31 Å². The number of rotatable bonds is 3. The van der Waals surface area contributed by atoms with Crippen molar-refractivity contribution < 1.29 is 23.4 Å². The van der Waals surface area contributed by atoms with Gasteiger partial charge in [0.1, 0.15) is 23.2 Å². The van der Waals surface area contributed by atoms with Crippen molar-refractivity contribution in [3.05, 3.63) is 23.8 Å². The maximum atomic E-state index is 12.2. The van der Waals surface area contributed by atoms with Gasteiger partial charge in [0, 0.05) is 12.6 Å². The summed E-state index contributed by atoms with van der Waals surface area (Å²) in [5, 5.41) is 20.2. The number of nitrogens with zero attached hydrogens (tertiary/aromatic N) is 1. The first-order valence-corrected chi connectivity index (χ1v) is 8.37. The van der Waals surface area contributed by atoms with E-state index in [0.29, 0.717) is 11.3 Å². The van der Waals surface area contributed by atoms with Crippen LogP contribution in [0.15, 0.2) is 18.2 Å². The Kier molecular flexibility index (Phi) is 3.94. The Hall–Kier alpha value is -1.31. The lowest BCUT2D eigenvalue weighted by atomic mass is 9.86. The summed E-state index contributed by atoms with van der Waals surface area (Å²) in [6, 6.07) is 3.68. The number of phenols is 1. The van der Waals surface area contributed by atoms with Crippen molar-refractivity contribution in [2.45, 2.75) is 38.5 Å². The Bertz CT molecular complexity index is 641. The number of aliphatic hydroxyl groups is 1. The fraction of sp³-hybridized carbons (Fsp3) is 0.571. The molecule has 118 valence electrons. The second-order valence-corrected chi connectivity index (χ2v) is 8.05. The minimum atomic E-state index is -3.50. The zero-order valence-electron chi connectivity index (χ0n) is 12.6. The van der Waals surface area contributed by atoms with Gasteiger partial charge in [-0.1, -0.05) is 0 Å². The van der Waals surface area contributed by atoms with Crippen LogP contribution in [0, 0.1) is 0 Å². The molecule has 0 saturated heterocycles. The predicted octanol–water partition coefficient (Wildman–Crippen LogP) is 1.25. The minimum Gasteiger partial charge on any atom is -0.508 e. The normalized spacial score (nSPS) is 24.5. The highest BCUT2D eigenvalue weighted by Crippen LogP contribution is 2.44. The third-order valence-electron chi connectivity index (χ3n) is 3.89. The fourth-order valence-corrected chi connectivity index (χ4v) is 3.51. The van der Waals surface area contributed by atoms with Crippen LogP contribution in [0.1, 0.15) is 32.4 Å². The smallest absolute Gasteiger partial charge is 0.214 e. The predicted molar refractivity (Wildman–Crippen MR) is 78.8 cm³/mol. The SMILES string of the molecule is CCS(=O)(=O)N(C)[C@H]1c2cc(O)ccc2OC(C)(C)[C@@H]1O. The molecule has 1 aromatic carbocycles. The monoisotopic (exact) mass is 315 g/mol. The van der Waals surface area contributed by atoms with Crippen LogP contribution < -0.4 is 4.74 Å². The van der Waals surface area contributed by atoms with Gasteiger partial charge in [-0.15, -0.1) is 0 Å². The lowest BCUT2D eigenvalue weighted by molar-refractivity contribution is -0.0764. The van der Waals surface area contributed by atoms with E-state index in [2.05, 4.69) is 0 Å². The van der Waals surface area contributed by atoms with Crippen molar-refractivity contribution in [1.29, 1.82) is 0 Å². The van der Waals surface area contributed by atoms with Crippen LogP contribution in [0.4, 0.5) is 0 Å². The minimum absolute atomic E-state index is 0.00319. The fourth-order valence-electron chi connectivity index (χ4n) is 2.53. The zero-order valence-corrected chi connectivity index (χ0v) is 13.4. The number of aliphatic hydroxyl groups excluding tert-OH is 1. The Morgan fingerprint density at radius 2 is 2.00 bits per heavy atom. The molecular formula is C14H21NO5S. The number of hydrogen-bond donors (Lipinski definition) is 2. The molecule has 1 aliphatic heterocycles. The van der Waals surface area contributed by atoms with Crippen LogP contribution >= 0.6 is 0 Å². The van der Waals surface area contributed by atoms with Crippen molar-refractivity contribution >= 4 is 10.0 Å². The van der Waals surface area contributed by atoms with Gasteiger partial charge in [0.2, 0.25) is 10.0 Å². The van der Waals surface area contributed by atoms with Gasteiger partial charge in [-0.3, -0.25) is 0 Å². The van der Waals surface area contributed by atoms with Crippen molar-refractivity contribution in [2.24, 2.45) is 0 Å². The molecule has 21 heavy (non-hydrogen) atoms. The standard InChI is InChI=1S/C14H21NO5S/c1-5-21(18,19)15(4)12-10-8-9(16)6-7-11(10)20-14(2,3)13(12)17/h6-8,12-13,16-17H,5H2,1-4H3/t12-,13+/m0/s1. The van der Waals surface area contributed by atoms with Gasteiger partial charge in [-0.2, -0.15) is 4.31 Å². The number of phenolic OH excluding ortho intramolecular Hbond substituents is 1. The number of fused-ring (bicyclic) bond motifs is 1. The van der Waals surface area contributed by atoms with Gasteiger partial charge in [-0.05, 0) is 39.0 Å².